The zero-order valence-electron chi connectivity index (χ0n) is 9.64. The third kappa shape index (κ3) is 1.73. The van der Waals surface area contributed by atoms with Gasteiger partial charge in [-0.1, -0.05) is 46.3 Å². The van der Waals surface area contributed by atoms with Gasteiger partial charge in [0.05, 0.1) is 0 Å². The quantitative estimate of drug-likeness (QED) is 0.663. The molecule has 1 saturated heterocycles. The summed E-state index contributed by atoms with van der Waals surface area (Å²) in [6.45, 7) is 1.88. The minimum Gasteiger partial charge on any atom is -0.276 e. The minimum atomic E-state index is -1.53. The lowest BCUT2D eigenvalue weighted by Crippen LogP contribution is -2.63. The van der Waals surface area contributed by atoms with Crippen molar-refractivity contribution in [1.29, 1.82) is 0 Å². The maximum Gasteiger partial charge on any atom is 0.330 e. The molecule has 1 fully saturated rings. The fourth-order valence-electron chi connectivity index (χ4n) is 1.84. The first-order chi connectivity index (χ1) is 8.51. The number of amides is 4. The molecule has 0 aromatic heterocycles. The number of rotatable bonds is 2. The Labute approximate surface area is 112 Å². The Morgan fingerprint density at radius 3 is 2.39 bits per heavy atom. The molecule has 1 unspecified atom stereocenters. The molecule has 0 radical (unpaired) electrons. The van der Waals surface area contributed by atoms with Crippen molar-refractivity contribution in [2.45, 2.75) is 11.2 Å². The van der Waals surface area contributed by atoms with Gasteiger partial charge in [0.2, 0.25) is 4.32 Å². The molecule has 0 saturated carbocycles. The topological polar surface area (TPSA) is 66.5 Å². The third-order valence-corrected chi connectivity index (χ3v) is 3.96. The lowest BCUT2D eigenvalue weighted by Gasteiger charge is -2.35. The first-order valence-corrected chi connectivity index (χ1v) is 6.23. The van der Waals surface area contributed by atoms with Gasteiger partial charge in [0.15, 0.2) is 0 Å². The van der Waals surface area contributed by atoms with Gasteiger partial charge in [-0.25, -0.2) is 4.79 Å². The molecule has 1 heterocycles. The van der Waals surface area contributed by atoms with E-state index in [1.165, 1.54) is 0 Å². The molecule has 1 aromatic carbocycles. The average molecular weight is 311 g/mol. The van der Waals surface area contributed by atoms with Crippen molar-refractivity contribution in [2.75, 3.05) is 6.54 Å². The second kappa shape index (κ2) is 4.53. The van der Waals surface area contributed by atoms with Crippen molar-refractivity contribution in [3.05, 3.63) is 35.9 Å². The van der Waals surface area contributed by atoms with Crippen LogP contribution in [0, 0.1) is 0 Å². The molecule has 0 aliphatic carbocycles. The zero-order valence-corrected chi connectivity index (χ0v) is 11.2. The molecule has 5 nitrogen and oxygen atoms in total. The summed E-state index contributed by atoms with van der Waals surface area (Å²) in [5.74, 6) is -1.22. The number of hydrogen-bond donors (Lipinski definition) is 1. The summed E-state index contributed by atoms with van der Waals surface area (Å²) < 4.78 is -1.53. The van der Waals surface area contributed by atoms with Crippen LogP contribution in [0.1, 0.15) is 12.5 Å². The van der Waals surface area contributed by atoms with Crippen LogP contribution in [-0.4, -0.2) is 29.3 Å². The summed E-state index contributed by atoms with van der Waals surface area (Å²) in [4.78, 5) is 36.8. The van der Waals surface area contributed by atoms with Crippen LogP contribution in [0.3, 0.4) is 0 Å². The van der Waals surface area contributed by atoms with Crippen molar-refractivity contribution in [1.82, 2.24) is 10.2 Å². The number of nitrogens with one attached hydrogen (secondary N) is 1. The predicted molar refractivity (Wildman–Crippen MR) is 68.0 cm³/mol. The predicted octanol–water partition coefficient (Wildman–Crippen LogP) is 1.38. The van der Waals surface area contributed by atoms with Gasteiger partial charge >= 0.3 is 6.03 Å². The molecule has 0 bridgehead atoms. The maximum atomic E-state index is 12.3. The van der Waals surface area contributed by atoms with E-state index in [1.807, 2.05) is 0 Å². The summed E-state index contributed by atoms with van der Waals surface area (Å²) >= 11 is 3.19. The van der Waals surface area contributed by atoms with Gasteiger partial charge in [-0.05, 0) is 12.5 Å². The van der Waals surface area contributed by atoms with Crippen molar-refractivity contribution in [3.63, 3.8) is 0 Å². The average Bonchev–Trinajstić information content (AvgIpc) is 2.38. The summed E-state index contributed by atoms with van der Waals surface area (Å²) in [7, 11) is 0. The van der Waals surface area contributed by atoms with E-state index in [0.717, 1.165) is 4.90 Å². The molecule has 4 amide bonds. The number of likely N-dealkylation sites (N-methyl/N-ethyl adjacent to an activating group) is 1. The fraction of sp³-hybridized carbons (Fsp3) is 0.250. The van der Waals surface area contributed by atoms with Gasteiger partial charge < -0.3 is 0 Å². The van der Waals surface area contributed by atoms with E-state index < -0.39 is 22.2 Å². The molecule has 0 spiro atoms. The molecule has 2 rings (SSSR count). The molecule has 1 N–H and O–H groups in total. The molecular formula is C12H11BrN2O3. The van der Waals surface area contributed by atoms with Crippen LogP contribution in [0.5, 0.6) is 0 Å². The van der Waals surface area contributed by atoms with E-state index >= 15 is 0 Å². The summed E-state index contributed by atoms with van der Waals surface area (Å²) in [6, 6.07) is 7.88. The van der Waals surface area contributed by atoms with Crippen molar-refractivity contribution in [2.24, 2.45) is 0 Å². The molecule has 18 heavy (non-hydrogen) atoms. The largest absolute Gasteiger partial charge is 0.330 e. The molecule has 1 atom stereocenters. The van der Waals surface area contributed by atoms with Crippen LogP contribution in [0.4, 0.5) is 4.79 Å². The van der Waals surface area contributed by atoms with Gasteiger partial charge in [-0.3, -0.25) is 19.8 Å². The number of halogens is 1. The lowest BCUT2D eigenvalue weighted by atomic mass is 9.95. The van der Waals surface area contributed by atoms with Crippen molar-refractivity contribution >= 4 is 33.8 Å². The number of carbonyl (C=O) groups is 3. The normalized spacial score (nSPS) is 24.1. The Kier molecular flexibility index (Phi) is 3.21. The molecule has 94 valence electrons. The number of hydrogen-bond acceptors (Lipinski definition) is 3. The Morgan fingerprint density at radius 1 is 1.22 bits per heavy atom. The number of benzene rings is 1. The van der Waals surface area contributed by atoms with Crippen molar-refractivity contribution < 1.29 is 14.4 Å². The summed E-state index contributed by atoms with van der Waals surface area (Å²) in [5.41, 5.74) is 0.499. The fourth-order valence-corrected chi connectivity index (χ4v) is 2.41. The summed E-state index contributed by atoms with van der Waals surface area (Å²) in [5, 5.41) is 2.18. The Morgan fingerprint density at radius 2 is 1.83 bits per heavy atom. The molecule has 6 heteroatoms. The van der Waals surface area contributed by atoms with Crippen molar-refractivity contribution in [3.8, 4) is 0 Å². The van der Waals surface area contributed by atoms with Crippen LogP contribution < -0.4 is 5.32 Å². The highest BCUT2D eigenvalue weighted by molar-refractivity contribution is 9.10. The number of nitrogens with zero attached hydrogens (tertiary/aromatic N) is 1. The van der Waals surface area contributed by atoms with Crippen LogP contribution in [0.2, 0.25) is 0 Å². The maximum absolute atomic E-state index is 12.3. The number of urea groups is 1. The highest BCUT2D eigenvalue weighted by Crippen LogP contribution is 2.36. The minimum absolute atomic E-state index is 0.206. The smallest absolute Gasteiger partial charge is 0.276 e. The molecule has 1 aliphatic rings. The first kappa shape index (κ1) is 12.8. The molecular weight excluding hydrogens is 300 g/mol. The Bertz CT molecular complexity index is 517. The monoisotopic (exact) mass is 310 g/mol. The number of imide groups is 2. The van der Waals surface area contributed by atoms with Crippen LogP contribution in [0.15, 0.2) is 30.3 Å². The van der Waals surface area contributed by atoms with E-state index in [-0.39, 0.29) is 6.54 Å². The van der Waals surface area contributed by atoms with Gasteiger partial charge in [0, 0.05) is 6.54 Å². The van der Waals surface area contributed by atoms with E-state index in [0.29, 0.717) is 5.56 Å². The standard InChI is InChI=1S/C12H11BrN2O3/c1-2-15-10(17)12(13,9(16)14-11(15)18)8-6-4-3-5-7-8/h3-7H,2H2,1H3,(H,14,16,18). The molecule has 1 aromatic rings. The van der Waals surface area contributed by atoms with E-state index in [2.05, 4.69) is 21.2 Å². The van der Waals surface area contributed by atoms with Crippen LogP contribution in [-0.2, 0) is 13.9 Å². The highest BCUT2D eigenvalue weighted by Gasteiger charge is 2.53. The van der Waals surface area contributed by atoms with Gasteiger partial charge in [0.25, 0.3) is 11.8 Å². The van der Waals surface area contributed by atoms with Gasteiger partial charge in [0.1, 0.15) is 0 Å². The second-order valence-corrected chi connectivity index (χ2v) is 5.02. The first-order valence-electron chi connectivity index (χ1n) is 5.43. The lowest BCUT2D eigenvalue weighted by molar-refractivity contribution is -0.140. The molecule has 1 aliphatic heterocycles. The third-order valence-electron chi connectivity index (χ3n) is 2.81. The number of barbiturate groups is 1. The van der Waals surface area contributed by atoms with E-state index in [4.69, 9.17) is 0 Å². The highest BCUT2D eigenvalue weighted by atomic mass is 79.9. The number of alkyl halides is 1. The van der Waals surface area contributed by atoms with E-state index in [9.17, 15) is 14.4 Å². The zero-order chi connectivity index (χ0) is 13.3. The SMILES string of the molecule is CCN1C(=O)NC(=O)C(Br)(c2ccccc2)C1=O. The number of carbonyl (C=O) groups excluding carboxylic acids is 3. The summed E-state index contributed by atoms with van der Waals surface area (Å²) in [6.07, 6.45) is 0. The van der Waals surface area contributed by atoms with Crippen LogP contribution >= 0.6 is 15.9 Å². The Hall–Kier alpha value is -1.69. The van der Waals surface area contributed by atoms with E-state index in [1.54, 1.807) is 37.3 Å². The second-order valence-electron chi connectivity index (χ2n) is 3.83. The Balaban J connectivity index is 2.51. The van der Waals surface area contributed by atoms with Crippen LogP contribution in [0.25, 0.3) is 0 Å². The van der Waals surface area contributed by atoms with Gasteiger partial charge in [-0.15, -0.1) is 0 Å². The van der Waals surface area contributed by atoms with Gasteiger partial charge in [-0.2, -0.15) is 0 Å².